The van der Waals surface area contributed by atoms with Crippen molar-refractivity contribution in [1.82, 2.24) is 4.98 Å². The molecule has 0 aliphatic heterocycles. The van der Waals surface area contributed by atoms with Crippen LogP contribution >= 0.6 is 23.1 Å². The molecule has 0 aliphatic rings. The van der Waals surface area contributed by atoms with E-state index in [1.165, 1.54) is 30.0 Å². The topological polar surface area (TPSA) is 71.1 Å². The van der Waals surface area contributed by atoms with E-state index in [0.717, 1.165) is 15.6 Å². The van der Waals surface area contributed by atoms with Gasteiger partial charge in [0.25, 0.3) is 0 Å². The molecule has 5 nitrogen and oxygen atoms in total. The molecule has 3 aromatic rings. The number of carbonyl (C=O) groups is 2. The van der Waals surface area contributed by atoms with Crippen LogP contribution in [0.3, 0.4) is 0 Å². The molecule has 0 saturated carbocycles. The highest BCUT2D eigenvalue weighted by Gasteiger charge is 2.17. The molecule has 1 atom stereocenters. The lowest BCUT2D eigenvalue weighted by Crippen LogP contribution is -2.22. The molecular weight excluding hydrogens is 378 g/mol. The van der Waals surface area contributed by atoms with Crippen LogP contribution < -0.4 is 10.6 Å². The van der Waals surface area contributed by atoms with Crippen LogP contribution in [-0.4, -0.2) is 22.0 Å². The van der Waals surface area contributed by atoms with Gasteiger partial charge in [0.05, 0.1) is 10.9 Å². The van der Waals surface area contributed by atoms with E-state index in [1.807, 2.05) is 42.6 Å². The van der Waals surface area contributed by atoms with Crippen molar-refractivity contribution in [3.8, 4) is 11.3 Å². The van der Waals surface area contributed by atoms with Gasteiger partial charge in [-0.25, -0.2) is 4.98 Å². The monoisotopic (exact) mass is 397 g/mol. The Labute approximate surface area is 166 Å². The molecule has 0 unspecified atom stereocenters. The molecule has 1 aromatic heterocycles. The zero-order chi connectivity index (χ0) is 19.2. The third-order valence-electron chi connectivity index (χ3n) is 3.67. The molecule has 2 aromatic carbocycles. The maximum absolute atomic E-state index is 12.4. The Morgan fingerprint density at radius 1 is 1.00 bits per heavy atom. The molecule has 7 heteroatoms. The van der Waals surface area contributed by atoms with Crippen molar-refractivity contribution < 1.29 is 9.59 Å². The molecule has 0 bridgehead atoms. The highest BCUT2D eigenvalue weighted by molar-refractivity contribution is 8.02. The van der Waals surface area contributed by atoms with Crippen molar-refractivity contribution in [3.63, 3.8) is 0 Å². The molecule has 138 valence electrons. The van der Waals surface area contributed by atoms with Crippen molar-refractivity contribution in [3.05, 3.63) is 60.0 Å². The summed E-state index contributed by atoms with van der Waals surface area (Å²) in [7, 11) is 0. The summed E-state index contributed by atoms with van der Waals surface area (Å²) < 4.78 is 0.859. The molecule has 2 N–H and O–H groups in total. The minimum absolute atomic E-state index is 0.0938. The van der Waals surface area contributed by atoms with E-state index in [9.17, 15) is 9.59 Å². The van der Waals surface area contributed by atoms with Crippen LogP contribution in [0.5, 0.6) is 0 Å². The van der Waals surface area contributed by atoms with E-state index in [1.54, 1.807) is 24.3 Å². The van der Waals surface area contributed by atoms with Gasteiger partial charge in [0.1, 0.15) is 0 Å². The lowest BCUT2D eigenvalue weighted by atomic mass is 10.2. The number of benzene rings is 2. The molecular formula is C20H19N3O2S2. The predicted molar refractivity (Wildman–Crippen MR) is 112 cm³/mol. The van der Waals surface area contributed by atoms with Crippen LogP contribution in [0.4, 0.5) is 11.4 Å². The summed E-state index contributed by atoms with van der Waals surface area (Å²) in [5.41, 5.74) is 3.37. The summed E-state index contributed by atoms with van der Waals surface area (Å²) in [4.78, 5) is 28.1. The van der Waals surface area contributed by atoms with E-state index in [4.69, 9.17) is 0 Å². The Morgan fingerprint density at radius 2 is 1.63 bits per heavy atom. The minimum atomic E-state index is -0.283. The van der Waals surface area contributed by atoms with Gasteiger partial charge in [0, 0.05) is 29.2 Å². The van der Waals surface area contributed by atoms with Crippen molar-refractivity contribution >= 4 is 46.3 Å². The van der Waals surface area contributed by atoms with Gasteiger partial charge in [-0.05, 0) is 31.2 Å². The summed E-state index contributed by atoms with van der Waals surface area (Å²) in [5, 5.41) is 7.30. The first kappa shape index (κ1) is 19.1. The summed E-state index contributed by atoms with van der Waals surface area (Å²) in [6, 6.07) is 17.0. The molecule has 3 rings (SSSR count). The fourth-order valence-corrected chi connectivity index (χ4v) is 4.31. The Hall–Kier alpha value is -2.64. The molecule has 27 heavy (non-hydrogen) atoms. The third kappa shape index (κ3) is 5.42. The van der Waals surface area contributed by atoms with Crippen LogP contribution in [0, 0.1) is 0 Å². The van der Waals surface area contributed by atoms with E-state index in [-0.39, 0.29) is 17.1 Å². The molecule has 0 radical (unpaired) electrons. The molecule has 2 amide bonds. The number of rotatable bonds is 6. The minimum Gasteiger partial charge on any atom is -0.326 e. The third-order valence-corrected chi connectivity index (χ3v) is 5.74. The number of nitrogens with one attached hydrogen (secondary N) is 2. The fourth-order valence-electron chi connectivity index (χ4n) is 2.34. The van der Waals surface area contributed by atoms with Crippen LogP contribution in [0.15, 0.2) is 64.3 Å². The second kappa shape index (κ2) is 8.83. The first-order chi connectivity index (χ1) is 13.0. The quantitative estimate of drug-likeness (QED) is 0.581. The molecule has 1 heterocycles. The molecule has 0 spiro atoms. The summed E-state index contributed by atoms with van der Waals surface area (Å²) >= 11 is 2.97. The first-order valence-electron chi connectivity index (χ1n) is 8.37. The van der Waals surface area contributed by atoms with Gasteiger partial charge in [0.2, 0.25) is 11.8 Å². The Morgan fingerprint density at radius 3 is 2.26 bits per heavy atom. The van der Waals surface area contributed by atoms with Gasteiger partial charge in [0.15, 0.2) is 4.34 Å². The predicted octanol–water partition coefficient (Wildman–Crippen LogP) is 4.89. The van der Waals surface area contributed by atoms with Crippen molar-refractivity contribution in [2.75, 3.05) is 10.6 Å². The number of amides is 2. The fraction of sp³-hybridized carbons (Fsp3) is 0.150. The van der Waals surface area contributed by atoms with E-state index in [0.29, 0.717) is 11.4 Å². The number of anilines is 2. The lowest BCUT2D eigenvalue weighted by Gasteiger charge is -2.11. The largest absolute Gasteiger partial charge is 0.326 e. The first-order valence-corrected chi connectivity index (χ1v) is 10.1. The maximum Gasteiger partial charge on any atom is 0.237 e. The van der Waals surface area contributed by atoms with E-state index < -0.39 is 0 Å². The van der Waals surface area contributed by atoms with Gasteiger partial charge in [-0.15, -0.1) is 11.3 Å². The van der Waals surface area contributed by atoms with Gasteiger partial charge < -0.3 is 10.6 Å². The summed E-state index contributed by atoms with van der Waals surface area (Å²) in [5.74, 6) is -0.223. The zero-order valence-corrected chi connectivity index (χ0v) is 16.6. The molecule has 0 fully saturated rings. The van der Waals surface area contributed by atoms with Gasteiger partial charge >= 0.3 is 0 Å². The second-order valence-corrected chi connectivity index (χ2v) is 8.32. The Balaban J connectivity index is 1.58. The number of aromatic nitrogens is 1. The zero-order valence-electron chi connectivity index (χ0n) is 14.9. The summed E-state index contributed by atoms with van der Waals surface area (Å²) in [6.45, 7) is 3.31. The summed E-state index contributed by atoms with van der Waals surface area (Å²) in [6.07, 6.45) is 0. The highest BCUT2D eigenvalue weighted by Crippen LogP contribution is 2.31. The van der Waals surface area contributed by atoms with Crippen molar-refractivity contribution in [2.24, 2.45) is 0 Å². The number of nitrogens with zero attached hydrogens (tertiary/aromatic N) is 1. The smallest absolute Gasteiger partial charge is 0.237 e. The van der Waals surface area contributed by atoms with Crippen molar-refractivity contribution in [1.29, 1.82) is 0 Å². The number of hydrogen-bond donors (Lipinski definition) is 2. The molecule has 0 aliphatic carbocycles. The average Bonchev–Trinajstić information content (AvgIpc) is 3.12. The SMILES string of the molecule is CC(=O)Nc1ccc(NC(=O)[C@H](C)Sc2nc(-c3ccccc3)cs2)cc1. The van der Waals surface area contributed by atoms with E-state index >= 15 is 0 Å². The molecule has 0 saturated heterocycles. The maximum atomic E-state index is 12.4. The lowest BCUT2D eigenvalue weighted by molar-refractivity contribution is -0.115. The highest BCUT2D eigenvalue weighted by atomic mass is 32.2. The Bertz CT molecular complexity index is 924. The normalized spacial score (nSPS) is 11.6. The number of thioether (sulfide) groups is 1. The second-order valence-electron chi connectivity index (χ2n) is 5.87. The van der Waals surface area contributed by atoms with Crippen LogP contribution in [0.2, 0.25) is 0 Å². The average molecular weight is 398 g/mol. The van der Waals surface area contributed by atoms with E-state index in [2.05, 4.69) is 15.6 Å². The number of carbonyl (C=O) groups excluding carboxylic acids is 2. The van der Waals surface area contributed by atoms with Crippen molar-refractivity contribution in [2.45, 2.75) is 23.4 Å². The van der Waals surface area contributed by atoms with Gasteiger partial charge in [-0.1, -0.05) is 42.1 Å². The van der Waals surface area contributed by atoms with Crippen LogP contribution in [-0.2, 0) is 9.59 Å². The standard InChI is InChI=1S/C20H19N3O2S2/c1-13(19(25)22-17-10-8-16(9-11-17)21-14(2)24)27-20-23-18(12-26-20)15-6-4-3-5-7-15/h3-13H,1-2H3,(H,21,24)(H,22,25)/t13-/m0/s1. The number of thiazole rings is 1. The van der Waals surface area contributed by atoms with Crippen LogP contribution in [0.1, 0.15) is 13.8 Å². The number of hydrogen-bond acceptors (Lipinski definition) is 5. The Kier molecular flexibility index (Phi) is 6.26. The van der Waals surface area contributed by atoms with Gasteiger partial charge in [-0.2, -0.15) is 0 Å². The van der Waals surface area contributed by atoms with Crippen LogP contribution in [0.25, 0.3) is 11.3 Å². The van der Waals surface area contributed by atoms with Gasteiger partial charge in [-0.3, -0.25) is 9.59 Å².